The molecule has 0 fully saturated rings. The number of hydrogen-bond acceptors (Lipinski definition) is 3. The highest BCUT2D eigenvalue weighted by Crippen LogP contribution is 2.31. The Morgan fingerprint density at radius 1 is 1.56 bits per heavy atom. The summed E-state index contributed by atoms with van der Waals surface area (Å²) in [6.45, 7) is 1.74. The average Bonchev–Trinajstić information content (AvgIpc) is 2.30. The number of fused-ring (bicyclic) bond motifs is 1. The molecule has 2 rings (SSSR count). The van der Waals surface area contributed by atoms with E-state index in [-0.39, 0.29) is 6.04 Å². The van der Waals surface area contributed by atoms with Crippen LogP contribution < -0.4 is 10.5 Å². The zero-order valence-electron chi connectivity index (χ0n) is 9.44. The number of nitrogens with two attached hydrogens (primary N) is 1. The maximum Gasteiger partial charge on any atom is 0.181 e. The van der Waals surface area contributed by atoms with E-state index in [0.717, 1.165) is 25.0 Å². The van der Waals surface area contributed by atoms with Crippen LogP contribution in [0.15, 0.2) is 18.2 Å². The van der Waals surface area contributed by atoms with E-state index in [1.807, 2.05) is 12.1 Å². The predicted octanol–water partition coefficient (Wildman–Crippen LogP) is 2.31. The van der Waals surface area contributed by atoms with Crippen LogP contribution in [0.5, 0.6) is 5.75 Å². The van der Waals surface area contributed by atoms with Crippen molar-refractivity contribution in [1.29, 1.82) is 5.26 Å². The van der Waals surface area contributed by atoms with E-state index in [4.69, 9.17) is 15.7 Å². The second kappa shape index (κ2) is 4.54. The topological polar surface area (TPSA) is 59.0 Å². The first kappa shape index (κ1) is 11.0. The van der Waals surface area contributed by atoms with E-state index in [1.165, 1.54) is 11.1 Å². The van der Waals surface area contributed by atoms with Gasteiger partial charge in [-0.05, 0) is 49.4 Å². The second-order valence-corrected chi connectivity index (χ2v) is 4.25. The fourth-order valence-electron chi connectivity index (χ4n) is 2.12. The van der Waals surface area contributed by atoms with Gasteiger partial charge in [-0.15, -0.1) is 0 Å². The smallest absolute Gasteiger partial charge is 0.181 e. The maximum absolute atomic E-state index is 8.69. The molecule has 0 aromatic heterocycles. The first-order valence-corrected chi connectivity index (χ1v) is 5.65. The van der Waals surface area contributed by atoms with Gasteiger partial charge in [0.05, 0.1) is 0 Å². The van der Waals surface area contributed by atoms with Gasteiger partial charge in [0, 0.05) is 6.04 Å². The minimum atomic E-state index is -0.419. The minimum absolute atomic E-state index is 0.115. The number of nitriles is 1. The van der Waals surface area contributed by atoms with E-state index >= 15 is 0 Å². The van der Waals surface area contributed by atoms with E-state index in [2.05, 4.69) is 12.1 Å². The molecule has 84 valence electrons. The first-order chi connectivity index (χ1) is 7.70. The molecule has 0 amide bonds. The van der Waals surface area contributed by atoms with Gasteiger partial charge in [0.25, 0.3) is 0 Å². The summed E-state index contributed by atoms with van der Waals surface area (Å²) < 4.78 is 5.46. The number of aryl methyl sites for hydroxylation is 1. The predicted molar refractivity (Wildman–Crippen MR) is 62.0 cm³/mol. The van der Waals surface area contributed by atoms with Crippen molar-refractivity contribution in [2.24, 2.45) is 5.73 Å². The van der Waals surface area contributed by atoms with Gasteiger partial charge in [0.15, 0.2) is 6.10 Å². The molecule has 3 nitrogen and oxygen atoms in total. The molecule has 0 saturated carbocycles. The molecule has 1 aliphatic rings. The Bertz CT molecular complexity index is 422. The van der Waals surface area contributed by atoms with E-state index < -0.39 is 6.10 Å². The lowest BCUT2D eigenvalue weighted by molar-refractivity contribution is 0.276. The van der Waals surface area contributed by atoms with Crippen molar-refractivity contribution in [1.82, 2.24) is 0 Å². The molecule has 2 atom stereocenters. The molecule has 1 aromatic rings. The van der Waals surface area contributed by atoms with Gasteiger partial charge in [-0.1, -0.05) is 6.07 Å². The normalized spacial score (nSPS) is 20.7. The maximum atomic E-state index is 8.69. The summed E-state index contributed by atoms with van der Waals surface area (Å²) in [4.78, 5) is 0. The quantitative estimate of drug-likeness (QED) is 0.825. The molecule has 1 aliphatic carbocycles. The molecule has 16 heavy (non-hydrogen) atoms. The lowest BCUT2D eigenvalue weighted by atomic mass is 9.88. The Morgan fingerprint density at radius 2 is 2.38 bits per heavy atom. The van der Waals surface area contributed by atoms with Gasteiger partial charge in [-0.3, -0.25) is 0 Å². The standard InChI is InChI=1S/C13H16N2O/c1-9(8-14)16-11-6-5-10-3-2-4-13(15)12(10)7-11/h5-7,9,13H,2-4,15H2,1H3/t9?,13-/m0/s1. The summed E-state index contributed by atoms with van der Waals surface area (Å²) in [6, 6.07) is 8.13. The molecule has 0 spiro atoms. The Labute approximate surface area is 95.8 Å². The highest BCUT2D eigenvalue weighted by Gasteiger charge is 2.17. The van der Waals surface area contributed by atoms with E-state index in [1.54, 1.807) is 6.92 Å². The molecular weight excluding hydrogens is 200 g/mol. The third-order valence-corrected chi connectivity index (χ3v) is 2.97. The van der Waals surface area contributed by atoms with Crippen LogP contribution in [0.2, 0.25) is 0 Å². The first-order valence-electron chi connectivity index (χ1n) is 5.65. The van der Waals surface area contributed by atoms with E-state index in [0.29, 0.717) is 0 Å². The lowest BCUT2D eigenvalue weighted by Crippen LogP contribution is -2.18. The number of nitrogens with zero attached hydrogens (tertiary/aromatic N) is 1. The van der Waals surface area contributed by atoms with Crippen molar-refractivity contribution in [2.75, 3.05) is 0 Å². The zero-order valence-corrected chi connectivity index (χ0v) is 9.44. The molecular formula is C13H16N2O. The van der Waals surface area contributed by atoms with Crippen molar-refractivity contribution in [3.8, 4) is 11.8 Å². The van der Waals surface area contributed by atoms with Crippen molar-refractivity contribution >= 4 is 0 Å². The van der Waals surface area contributed by atoms with Crippen molar-refractivity contribution < 1.29 is 4.74 Å². The fraction of sp³-hybridized carbons (Fsp3) is 0.462. The Morgan fingerprint density at radius 3 is 3.12 bits per heavy atom. The lowest BCUT2D eigenvalue weighted by Gasteiger charge is -2.23. The van der Waals surface area contributed by atoms with Gasteiger partial charge in [0.2, 0.25) is 0 Å². The SMILES string of the molecule is CC(C#N)Oc1ccc2c(c1)[C@@H](N)CCC2. The highest BCUT2D eigenvalue weighted by atomic mass is 16.5. The van der Waals surface area contributed by atoms with Gasteiger partial charge < -0.3 is 10.5 Å². The van der Waals surface area contributed by atoms with Gasteiger partial charge in [-0.25, -0.2) is 0 Å². The molecule has 0 radical (unpaired) electrons. The summed E-state index contributed by atoms with van der Waals surface area (Å²) >= 11 is 0. The zero-order chi connectivity index (χ0) is 11.5. The summed E-state index contributed by atoms with van der Waals surface area (Å²) in [5.74, 6) is 0.741. The van der Waals surface area contributed by atoms with Crippen LogP contribution in [-0.4, -0.2) is 6.10 Å². The summed E-state index contributed by atoms with van der Waals surface area (Å²) in [5.41, 5.74) is 8.55. The summed E-state index contributed by atoms with van der Waals surface area (Å²) in [7, 11) is 0. The Balaban J connectivity index is 2.24. The number of hydrogen-bond donors (Lipinski definition) is 1. The van der Waals surface area contributed by atoms with Crippen LogP contribution in [0.3, 0.4) is 0 Å². The molecule has 1 unspecified atom stereocenters. The van der Waals surface area contributed by atoms with Crippen LogP contribution in [0, 0.1) is 11.3 Å². The number of ether oxygens (including phenoxy) is 1. The Kier molecular flexibility index (Phi) is 3.12. The second-order valence-electron chi connectivity index (χ2n) is 4.25. The van der Waals surface area contributed by atoms with Gasteiger partial charge in [-0.2, -0.15) is 5.26 Å². The summed E-state index contributed by atoms with van der Waals surface area (Å²) in [5, 5.41) is 8.69. The Hall–Kier alpha value is -1.53. The van der Waals surface area contributed by atoms with Crippen molar-refractivity contribution in [3.05, 3.63) is 29.3 Å². The molecule has 3 heteroatoms. The van der Waals surface area contributed by atoms with Crippen LogP contribution in [-0.2, 0) is 6.42 Å². The van der Waals surface area contributed by atoms with Crippen molar-refractivity contribution in [3.63, 3.8) is 0 Å². The minimum Gasteiger partial charge on any atom is -0.476 e. The van der Waals surface area contributed by atoms with Crippen molar-refractivity contribution in [2.45, 2.75) is 38.3 Å². The van der Waals surface area contributed by atoms with Crippen LogP contribution in [0.4, 0.5) is 0 Å². The molecule has 0 aliphatic heterocycles. The van der Waals surface area contributed by atoms with E-state index in [9.17, 15) is 0 Å². The third kappa shape index (κ3) is 2.17. The molecule has 0 heterocycles. The monoisotopic (exact) mass is 216 g/mol. The van der Waals surface area contributed by atoms with Gasteiger partial charge >= 0.3 is 0 Å². The largest absolute Gasteiger partial charge is 0.476 e. The van der Waals surface area contributed by atoms with Crippen LogP contribution in [0.25, 0.3) is 0 Å². The fourth-order valence-corrected chi connectivity index (χ4v) is 2.12. The molecule has 2 N–H and O–H groups in total. The number of benzene rings is 1. The van der Waals surface area contributed by atoms with Crippen LogP contribution >= 0.6 is 0 Å². The van der Waals surface area contributed by atoms with Crippen LogP contribution in [0.1, 0.15) is 36.9 Å². The van der Waals surface area contributed by atoms with Gasteiger partial charge in [0.1, 0.15) is 11.8 Å². The third-order valence-electron chi connectivity index (χ3n) is 2.97. The molecule has 1 aromatic carbocycles. The highest BCUT2D eigenvalue weighted by molar-refractivity contribution is 5.39. The average molecular weight is 216 g/mol. The number of rotatable bonds is 2. The molecule has 0 bridgehead atoms. The molecule has 0 saturated heterocycles. The summed E-state index contributed by atoms with van der Waals surface area (Å²) in [6.07, 6.45) is 2.86.